The van der Waals surface area contributed by atoms with E-state index in [0.29, 0.717) is 13.4 Å². The van der Waals surface area contributed by atoms with E-state index in [1.54, 1.807) is 0 Å². The third-order valence-corrected chi connectivity index (χ3v) is 2.61. The van der Waals surface area contributed by atoms with Gasteiger partial charge in [0.05, 0.1) is 6.61 Å². The Hall–Kier alpha value is -1.06. The zero-order valence-corrected chi connectivity index (χ0v) is 8.87. The Morgan fingerprint density at radius 2 is 2.20 bits per heavy atom. The number of hydrogen-bond acceptors (Lipinski definition) is 3. The normalized spacial score (nSPS) is 14.5. The molecule has 0 saturated carbocycles. The minimum Gasteiger partial charge on any atom is -0.467 e. The predicted molar refractivity (Wildman–Crippen MR) is 58.7 cm³/mol. The van der Waals surface area contributed by atoms with Crippen molar-refractivity contribution < 1.29 is 9.47 Å². The Kier molecular flexibility index (Phi) is 3.59. The summed E-state index contributed by atoms with van der Waals surface area (Å²) in [4.78, 5) is 0. The van der Waals surface area contributed by atoms with Crippen molar-refractivity contribution in [3.8, 4) is 5.75 Å². The molecular weight excluding hydrogens is 190 g/mol. The van der Waals surface area contributed by atoms with E-state index in [2.05, 4.69) is 18.2 Å². The molecule has 0 saturated heterocycles. The van der Waals surface area contributed by atoms with Crippen molar-refractivity contribution in [2.45, 2.75) is 25.9 Å². The Labute approximate surface area is 90.2 Å². The summed E-state index contributed by atoms with van der Waals surface area (Å²) in [5.74, 6) is 0.978. The van der Waals surface area contributed by atoms with Crippen LogP contribution in [-0.4, -0.2) is 13.3 Å². The van der Waals surface area contributed by atoms with E-state index >= 15 is 0 Å². The molecule has 2 N–H and O–H groups in total. The molecule has 3 heteroatoms. The molecule has 0 atom stereocenters. The first-order valence-electron chi connectivity index (χ1n) is 5.42. The zero-order chi connectivity index (χ0) is 10.5. The summed E-state index contributed by atoms with van der Waals surface area (Å²) in [5, 5.41) is 0. The first-order chi connectivity index (χ1) is 7.40. The van der Waals surface area contributed by atoms with Crippen molar-refractivity contribution in [3.63, 3.8) is 0 Å². The van der Waals surface area contributed by atoms with Crippen molar-refractivity contribution in [3.05, 3.63) is 29.3 Å². The van der Waals surface area contributed by atoms with Crippen molar-refractivity contribution in [2.75, 3.05) is 13.3 Å². The second-order valence-corrected chi connectivity index (χ2v) is 3.80. The second-order valence-electron chi connectivity index (χ2n) is 3.80. The molecule has 0 aliphatic carbocycles. The topological polar surface area (TPSA) is 44.5 Å². The van der Waals surface area contributed by atoms with Crippen LogP contribution in [0, 0.1) is 0 Å². The minimum absolute atomic E-state index is 0.374. The molecule has 0 radical (unpaired) electrons. The van der Waals surface area contributed by atoms with Gasteiger partial charge in [-0.25, -0.2) is 0 Å². The van der Waals surface area contributed by atoms with Gasteiger partial charge in [0.1, 0.15) is 5.75 Å². The van der Waals surface area contributed by atoms with Gasteiger partial charge in [0.2, 0.25) is 0 Å². The summed E-state index contributed by atoms with van der Waals surface area (Å²) in [6, 6.07) is 6.36. The molecule has 0 aromatic heterocycles. The van der Waals surface area contributed by atoms with Gasteiger partial charge < -0.3 is 15.2 Å². The lowest BCUT2D eigenvalue weighted by Gasteiger charge is -2.18. The van der Waals surface area contributed by atoms with E-state index in [0.717, 1.165) is 37.1 Å². The SMILES string of the molecule is NCCCCc1ccc2c(c1)OCOC2. The predicted octanol–water partition coefficient (Wildman–Crippen LogP) is 1.83. The van der Waals surface area contributed by atoms with E-state index in [-0.39, 0.29) is 0 Å². The highest BCUT2D eigenvalue weighted by atomic mass is 16.7. The molecule has 3 nitrogen and oxygen atoms in total. The second kappa shape index (κ2) is 5.14. The summed E-state index contributed by atoms with van der Waals surface area (Å²) in [5.41, 5.74) is 7.93. The maximum absolute atomic E-state index is 5.46. The highest BCUT2D eigenvalue weighted by Gasteiger charge is 2.10. The third kappa shape index (κ3) is 2.70. The van der Waals surface area contributed by atoms with E-state index in [1.807, 2.05) is 0 Å². The molecule has 0 amide bonds. The van der Waals surface area contributed by atoms with Gasteiger partial charge in [-0.05, 0) is 37.4 Å². The van der Waals surface area contributed by atoms with E-state index in [9.17, 15) is 0 Å². The van der Waals surface area contributed by atoms with Crippen molar-refractivity contribution in [2.24, 2.45) is 5.73 Å². The maximum atomic E-state index is 5.46. The molecule has 0 unspecified atom stereocenters. The molecule has 1 aromatic carbocycles. The quantitative estimate of drug-likeness (QED) is 0.766. The van der Waals surface area contributed by atoms with Crippen LogP contribution in [0.2, 0.25) is 0 Å². The third-order valence-electron chi connectivity index (χ3n) is 2.61. The highest BCUT2D eigenvalue weighted by Crippen LogP contribution is 2.25. The van der Waals surface area contributed by atoms with E-state index in [1.165, 1.54) is 5.56 Å². The van der Waals surface area contributed by atoms with Crippen LogP contribution >= 0.6 is 0 Å². The number of fused-ring (bicyclic) bond motifs is 1. The molecule has 2 rings (SSSR count). The molecule has 1 aromatic rings. The van der Waals surface area contributed by atoms with Gasteiger partial charge in [-0.1, -0.05) is 12.1 Å². The molecular formula is C12H17NO2. The summed E-state index contributed by atoms with van der Waals surface area (Å²) in [6.45, 7) is 1.81. The molecule has 1 aliphatic rings. The van der Waals surface area contributed by atoms with Gasteiger partial charge in [-0.3, -0.25) is 0 Å². The molecule has 1 aliphatic heterocycles. The smallest absolute Gasteiger partial charge is 0.189 e. The minimum atomic E-state index is 0.374. The van der Waals surface area contributed by atoms with Crippen molar-refractivity contribution >= 4 is 0 Å². The van der Waals surface area contributed by atoms with Crippen LogP contribution in [0.15, 0.2) is 18.2 Å². The lowest BCUT2D eigenvalue weighted by Crippen LogP contribution is -2.11. The Bertz CT molecular complexity index is 325. The number of unbranched alkanes of at least 4 members (excludes halogenated alkanes) is 1. The number of aryl methyl sites for hydroxylation is 1. The standard InChI is InChI=1S/C12H17NO2/c13-6-2-1-3-10-4-5-11-8-14-9-15-12(11)7-10/h4-5,7H,1-3,6,8-9,13H2. The summed E-state index contributed by atoms with van der Waals surface area (Å²) >= 11 is 0. The van der Waals surface area contributed by atoms with Crippen LogP contribution in [0.4, 0.5) is 0 Å². The van der Waals surface area contributed by atoms with Gasteiger partial charge in [-0.15, -0.1) is 0 Å². The maximum Gasteiger partial charge on any atom is 0.189 e. The average molecular weight is 207 g/mol. The van der Waals surface area contributed by atoms with Crippen molar-refractivity contribution in [1.82, 2.24) is 0 Å². The van der Waals surface area contributed by atoms with E-state index in [4.69, 9.17) is 15.2 Å². The fourth-order valence-electron chi connectivity index (χ4n) is 1.74. The zero-order valence-electron chi connectivity index (χ0n) is 8.87. The first-order valence-corrected chi connectivity index (χ1v) is 5.42. The molecule has 15 heavy (non-hydrogen) atoms. The summed E-state index contributed by atoms with van der Waals surface area (Å²) in [6.07, 6.45) is 3.31. The molecule has 0 bridgehead atoms. The fourth-order valence-corrected chi connectivity index (χ4v) is 1.74. The van der Waals surface area contributed by atoms with Gasteiger partial charge in [0, 0.05) is 5.56 Å². The van der Waals surface area contributed by atoms with Crippen LogP contribution < -0.4 is 10.5 Å². The van der Waals surface area contributed by atoms with Crippen LogP contribution in [0.5, 0.6) is 5.75 Å². The van der Waals surface area contributed by atoms with Gasteiger partial charge >= 0.3 is 0 Å². The molecule has 1 heterocycles. The highest BCUT2D eigenvalue weighted by molar-refractivity contribution is 5.37. The number of nitrogens with two attached hydrogens (primary N) is 1. The summed E-state index contributed by atoms with van der Waals surface area (Å²) in [7, 11) is 0. The van der Waals surface area contributed by atoms with Crippen LogP contribution in [0.1, 0.15) is 24.0 Å². The number of hydrogen-bond donors (Lipinski definition) is 1. The Morgan fingerprint density at radius 3 is 3.07 bits per heavy atom. The fraction of sp³-hybridized carbons (Fsp3) is 0.500. The van der Waals surface area contributed by atoms with Crippen molar-refractivity contribution in [1.29, 1.82) is 0 Å². The van der Waals surface area contributed by atoms with Gasteiger partial charge in [0.25, 0.3) is 0 Å². The Balaban J connectivity index is 2.00. The van der Waals surface area contributed by atoms with Gasteiger partial charge in [0.15, 0.2) is 6.79 Å². The lowest BCUT2D eigenvalue weighted by atomic mass is 10.1. The number of rotatable bonds is 4. The van der Waals surface area contributed by atoms with Crippen LogP contribution in [0.3, 0.4) is 0 Å². The monoisotopic (exact) mass is 207 g/mol. The number of ether oxygens (including phenoxy) is 2. The first kappa shape index (κ1) is 10.5. The lowest BCUT2D eigenvalue weighted by molar-refractivity contribution is -0.0164. The Morgan fingerprint density at radius 1 is 1.27 bits per heavy atom. The molecule has 82 valence electrons. The number of benzene rings is 1. The molecule has 0 fully saturated rings. The van der Waals surface area contributed by atoms with Crippen LogP contribution in [0.25, 0.3) is 0 Å². The average Bonchev–Trinajstić information content (AvgIpc) is 2.29. The van der Waals surface area contributed by atoms with Crippen LogP contribution in [-0.2, 0) is 17.8 Å². The largest absolute Gasteiger partial charge is 0.467 e. The molecule has 0 spiro atoms. The summed E-state index contributed by atoms with van der Waals surface area (Å²) < 4.78 is 10.6. The van der Waals surface area contributed by atoms with Gasteiger partial charge in [-0.2, -0.15) is 0 Å². The van der Waals surface area contributed by atoms with E-state index < -0.39 is 0 Å².